The average Bonchev–Trinajstić information content (AvgIpc) is 3.39. The summed E-state index contributed by atoms with van der Waals surface area (Å²) in [5.41, 5.74) is 3.71. The van der Waals surface area contributed by atoms with Crippen LogP contribution in [0.2, 0.25) is 0 Å². The van der Waals surface area contributed by atoms with Crippen molar-refractivity contribution in [1.82, 2.24) is 4.90 Å². The van der Waals surface area contributed by atoms with Gasteiger partial charge in [0.15, 0.2) is 16.7 Å². The minimum atomic E-state index is -0.451. The number of aliphatic imine (C=N–C) groups is 1. The Labute approximate surface area is 238 Å². The van der Waals surface area contributed by atoms with Crippen molar-refractivity contribution in [3.8, 4) is 11.5 Å². The number of amides is 1. The van der Waals surface area contributed by atoms with E-state index >= 15 is 0 Å². The highest BCUT2D eigenvalue weighted by atomic mass is 79.9. The first-order valence-electron chi connectivity index (χ1n) is 12.2. The quantitative estimate of drug-likeness (QED) is 0.234. The van der Waals surface area contributed by atoms with Crippen molar-refractivity contribution < 1.29 is 14.3 Å². The molecule has 8 heteroatoms. The number of fused-ring (bicyclic) bond motifs is 2. The second-order valence-electron chi connectivity index (χ2n) is 8.89. The molecule has 39 heavy (non-hydrogen) atoms. The summed E-state index contributed by atoms with van der Waals surface area (Å²) >= 11 is 4.96. The highest BCUT2D eigenvalue weighted by Crippen LogP contribution is 2.40. The Morgan fingerprint density at radius 2 is 1.79 bits per heavy atom. The number of halogens is 1. The van der Waals surface area contributed by atoms with Crippen LogP contribution in [0.1, 0.15) is 16.7 Å². The van der Waals surface area contributed by atoms with E-state index in [-0.39, 0.29) is 11.4 Å². The Hall–Kier alpha value is -4.14. The highest BCUT2D eigenvalue weighted by Gasteiger charge is 2.36. The molecule has 0 unspecified atom stereocenters. The standard InChI is InChI=1S/C31H22BrN3O3S/c1-37-27-16-19(15-25(32)28(27)38-17-22-12-7-11-20-8-5-6-13-23(20)22)14-24-29(33)35-26(21-9-3-2-4-10-21)18-39-31(35)34-30(24)36/h2-16,18,33H,17H2,1H3. The molecule has 6 rings (SSSR count). The molecule has 2 heterocycles. The molecule has 1 amide bonds. The summed E-state index contributed by atoms with van der Waals surface area (Å²) in [6.45, 7) is 0.360. The van der Waals surface area contributed by atoms with Gasteiger partial charge in [-0.2, -0.15) is 4.99 Å². The molecule has 0 spiro atoms. The number of ether oxygens (including phenoxy) is 2. The van der Waals surface area contributed by atoms with Crippen LogP contribution >= 0.6 is 27.7 Å². The van der Waals surface area contributed by atoms with E-state index in [2.05, 4.69) is 39.1 Å². The smallest absolute Gasteiger partial charge is 0.283 e. The van der Waals surface area contributed by atoms with Gasteiger partial charge in [-0.15, -0.1) is 0 Å². The third-order valence-electron chi connectivity index (χ3n) is 6.50. The molecule has 0 radical (unpaired) electrons. The largest absolute Gasteiger partial charge is 0.493 e. The van der Waals surface area contributed by atoms with Crippen LogP contribution < -0.4 is 9.47 Å². The summed E-state index contributed by atoms with van der Waals surface area (Å²) in [6.07, 6.45) is 1.66. The van der Waals surface area contributed by atoms with Crippen LogP contribution in [0.5, 0.6) is 11.5 Å². The van der Waals surface area contributed by atoms with Crippen molar-refractivity contribution in [2.24, 2.45) is 4.99 Å². The van der Waals surface area contributed by atoms with Gasteiger partial charge in [0.25, 0.3) is 5.91 Å². The first-order valence-corrected chi connectivity index (χ1v) is 13.8. The minimum Gasteiger partial charge on any atom is -0.493 e. The van der Waals surface area contributed by atoms with Gasteiger partial charge in [0.2, 0.25) is 0 Å². The van der Waals surface area contributed by atoms with E-state index in [1.807, 2.05) is 66.1 Å². The molecule has 2 aliphatic heterocycles. The SMILES string of the molecule is COc1cc(C=C2C(=N)N3C(c4ccccc4)=CSC3=NC2=O)cc(Br)c1OCc1cccc2ccccc12. The lowest BCUT2D eigenvalue weighted by molar-refractivity contribution is -0.114. The van der Waals surface area contributed by atoms with E-state index in [4.69, 9.17) is 14.9 Å². The number of thioether (sulfide) groups is 1. The van der Waals surface area contributed by atoms with Crippen LogP contribution in [0.25, 0.3) is 22.5 Å². The molecule has 0 aliphatic carbocycles. The lowest BCUT2D eigenvalue weighted by Gasteiger charge is -2.27. The molecule has 0 bridgehead atoms. The number of methoxy groups -OCH3 is 1. The molecule has 192 valence electrons. The number of hydrogen-bond donors (Lipinski definition) is 1. The molecular formula is C31H22BrN3O3S. The zero-order valence-electron chi connectivity index (χ0n) is 20.9. The van der Waals surface area contributed by atoms with Crippen LogP contribution in [0.3, 0.4) is 0 Å². The minimum absolute atomic E-state index is 0.0801. The van der Waals surface area contributed by atoms with Gasteiger partial charge in [0.1, 0.15) is 12.4 Å². The van der Waals surface area contributed by atoms with E-state index < -0.39 is 5.91 Å². The number of rotatable bonds is 6. The topological polar surface area (TPSA) is 75.0 Å². The number of hydrogen-bond acceptors (Lipinski definition) is 5. The number of carbonyl (C=O) groups excluding carboxylic acids is 1. The van der Waals surface area contributed by atoms with Gasteiger partial charge in [0, 0.05) is 5.41 Å². The van der Waals surface area contributed by atoms with Crippen molar-refractivity contribution >= 4 is 67.1 Å². The monoisotopic (exact) mass is 595 g/mol. The van der Waals surface area contributed by atoms with Gasteiger partial charge in [-0.1, -0.05) is 84.6 Å². The van der Waals surface area contributed by atoms with Crippen LogP contribution in [-0.4, -0.2) is 28.9 Å². The van der Waals surface area contributed by atoms with Crippen molar-refractivity contribution in [2.75, 3.05) is 7.11 Å². The first kappa shape index (κ1) is 25.2. The molecule has 0 saturated heterocycles. The van der Waals surface area contributed by atoms with Gasteiger partial charge in [0.05, 0.1) is 22.9 Å². The third-order valence-corrected chi connectivity index (χ3v) is 7.91. The molecule has 4 aromatic rings. The zero-order valence-corrected chi connectivity index (χ0v) is 23.3. The Kier molecular flexibility index (Phi) is 6.81. The average molecular weight is 597 g/mol. The van der Waals surface area contributed by atoms with Crippen LogP contribution in [0, 0.1) is 5.41 Å². The molecule has 0 fully saturated rings. The van der Waals surface area contributed by atoms with Gasteiger partial charge in [-0.3, -0.25) is 15.1 Å². The van der Waals surface area contributed by atoms with Crippen LogP contribution in [-0.2, 0) is 11.4 Å². The van der Waals surface area contributed by atoms with Crippen molar-refractivity contribution in [3.63, 3.8) is 0 Å². The Morgan fingerprint density at radius 1 is 1.03 bits per heavy atom. The zero-order chi connectivity index (χ0) is 26.9. The molecule has 0 aromatic heterocycles. The fourth-order valence-electron chi connectivity index (χ4n) is 4.61. The number of benzene rings is 4. The lowest BCUT2D eigenvalue weighted by Crippen LogP contribution is -2.38. The second-order valence-corrected chi connectivity index (χ2v) is 10.6. The van der Waals surface area contributed by atoms with Gasteiger partial charge < -0.3 is 9.47 Å². The maximum absolute atomic E-state index is 12.9. The molecule has 0 saturated carbocycles. The van der Waals surface area contributed by atoms with Crippen molar-refractivity contribution in [1.29, 1.82) is 5.41 Å². The van der Waals surface area contributed by atoms with Crippen LogP contribution in [0.4, 0.5) is 0 Å². The third kappa shape index (κ3) is 4.77. The van der Waals surface area contributed by atoms with Crippen molar-refractivity contribution in [2.45, 2.75) is 6.61 Å². The summed E-state index contributed by atoms with van der Waals surface area (Å²) in [5, 5.41) is 13.6. The van der Waals surface area contributed by atoms with E-state index in [1.165, 1.54) is 11.8 Å². The summed E-state index contributed by atoms with van der Waals surface area (Å²) < 4.78 is 12.6. The summed E-state index contributed by atoms with van der Waals surface area (Å²) in [6, 6.07) is 27.8. The Balaban J connectivity index is 1.29. The number of amidine groups is 2. The summed E-state index contributed by atoms with van der Waals surface area (Å²) in [7, 11) is 1.58. The van der Waals surface area contributed by atoms with Gasteiger partial charge in [-0.25, -0.2) is 0 Å². The molecule has 0 atom stereocenters. The highest BCUT2D eigenvalue weighted by molar-refractivity contribution is 9.10. The summed E-state index contributed by atoms with van der Waals surface area (Å²) in [5.74, 6) is 0.699. The first-order chi connectivity index (χ1) is 19.0. The van der Waals surface area contributed by atoms with E-state index in [0.29, 0.717) is 33.3 Å². The molecule has 6 nitrogen and oxygen atoms in total. The Morgan fingerprint density at radius 3 is 2.62 bits per heavy atom. The predicted octanol–water partition coefficient (Wildman–Crippen LogP) is 7.49. The number of carbonyl (C=O) groups is 1. The fourth-order valence-corrected chi connectivity index (χ4v) is 6.08. The predicted molar refractivity (Wildman–Crippen MR) is 161 cm³/mol. The molecule has 2 aliphatic rings. The number of nitrogens with zero attached hydrogens (tertiary/aromatic N) is 2. The van der Waals surface area contributed by atoms with E-state index in [9.17, 15) is 4.79 Å². The maximum atomic E-state index is 12.9. The van der Waals surface area contributed by atoms with Gasteiger partial charge in [-0.05, 0) is 61.6 Å². The molecular weight excluding hydrogens is 574 g/mol. The maximum Gasteiger partial charge on any atom is 0.283 e. The van der Waals surface area contributed by atoms with Crippen LogP contribution in [0.15, 0.2) is 105 Å². The number of nitrogens with one attached hydrogen (secondary N) is 1. The lowest BCUT2D eigenvalue weighted by atomic mass is 10.0. The van der Waals surface area contributed by atoms with E-state index in [0.717, 1.165) is 27.6 Å². The second kappa shape index (κ2) is 10.6. The normalized spacial score (nSPS) is 15.8. The van der Waals surface area contributed by atoms with E-state index in [1.54, 1.807) is 24.2 Å². The van der Waals surface area contributed by atoms with Crippen molar-refractivity contribution in [3.05, 3.63) is 117 Å². The van der Waals surface area contributed by atoms with Gasteiger partial charge >= 0.3 is 0 Å². The molecule has 1 N–H and O–H groups in total. The Bertz CT molecular complexity index is 1720. The molecule has 4 aromatic carbocycles. The summed E-state index contributed by atoms with van der Waals surface area (Å²) in [4.78, 5) is 18.9. The fraction of sp³-hybridized carbons (Fsp3) is 0.0645.